The van der Waals surface area contributed by atoms with Crippen LogP contribution in [0.3, 0.4) is 0 Å². The minimum absolute atomic E-state index is 0.141. The van der Waals surface area contributed by atoms with Crippen molar-refractivity contribution >= 4 is 17.6 Å². The van der Waals surface area contributed by atoms with Gasteiger partial charge in [-0.2, -0.15) is 4.98 Å². The maximum atomic E-state index is 12.0. The number of aliphatic carboxylic acids is 1. The van der Waals surface area contributed by atoms with Crippen LogP contribution in [0, 0.1) is 0 Å². The van der Waals surface area contributed by atoms with E-state index in [1.165, 1.54) is 0 Å². The summed E-state index contributed by atoms with van der Waals surface area (Å²) in [5, 5.41) is 15.4. The molecule has 0 bridgehead atoms. The Morgan fingerprint density at radius 1 is 1.30 bits per heavy atom. The zero-order chi connectivity index (χ0) is 16.8. The number of hydrogen-bond donors (Lipinski definition) is 2. The van der Waals surface area contributed by atoms with E-state index >= 15 is 0 Å². The molecular formula is C16H19N3O4. The van der Waals surface area contributed by atoms with Gasteiger partial charge in [0.05, 0.1) is 6.42 Å². The van der Waals surface area contributed by atoms with E-state index in [4.69, 9.17) is 9.63 Å². The third-order valence-electron chi connectivity index (χ3n) is 3.20. The van der Waals surface area contributed by atoms with Crippen molar-refractivity contribution in [3.05, 3.63) is 41.5 Å². The Bertz CT molecular complexity index is 694. The fourth-order valence-corrected chi connectivity index (χ4v) is 2.00. The number of amides is 1. The number of hydrogen-bond acceptors (Lipinski definition) is 5. The van der Waals surface area contributed by atoms with Crippen LogP contribution in [0.4, 0.5) is 5.69 Å². The highest BCUT2D eigenvalue weighted by atomic mass is 16.5. The van der Waals surface area contributed by atoms with Gasteiger partial charge in [-0.25, -0.2) is 0 Å². The number of carboxylic acid groups (broad SMARTS) is 1. The zero-order valence-corrected chi connectivity index (χ0v) is 13.1. The Balaban J connectivity index is 1.93. The summed E-state index contributed by atoms with van der Waals surface area (Å²) >= 11 is 0. The summed E-state index contributed by atoms with van der Waals surface area (Å²) in [4.78, 5) is 27.1. The molecule has 1 aromatic carbocycles. The monoisotopic (exact) mass is 317 g/mol. The average molecular weight is 317 g/mol. The molecule has 0 aliphatic heterocycles. The van der Waals surface area contributed by atoms with Gasteiger partial charge in [-0.15, -0.1) is 0 Å². The smallest absolute Gasteiger partial charge is 0.307 e. The number of anilines is 1. The molecular weight excluding hydrogens is 298 g/mol. The number of carboxylic acids is 1. The topological polar surface area (TPSA) is 105 Å². The molecule has 1 heterocycles. The first-order valence-corrected chi connectivity index (χ1v) is 7.37. The summed E-state index contributed by atoms with van der Waals surface area (Å²) in [5.74, 6) is 0.0324. The number of rotatable bonds is 7. The van der Waals surface area contributed by atoms with E-state index in [1.54, 1.807) is 24.3 Å². The molecule has 122 valence electrons. The number of carbonyl (C=O) groups excluding carboxylic acids is 1. The van der Waals surface area contributed by atoms with Gasteiger partial charge in [0.15, 0.2) is 5.82 Å². The minimum Gasteiger partial charge on any atom is -0.481 e. The van der Waals surface area contributed by atoms with Crippen molar-refractivity contribution < 1.29 is 19.2 Å². The van der Waals surface area contributed by atoms with Crippen LogP contribution in [-0.2, 0) is 22.4 Å². The summed E-state index contributed by atoms with van der Waals surface area (Å²) in [5.41, 5.74) is 1.07. The standard InChI is InChI=1S/C16H19N3O4/c1-10(2)16-18-14(23-19-16)8-7-13(20)17-12-6-4-3-5-11(12)9-15(21)22/h3-6,10H,7-9H2,1-2H3,(H,17,20)(H,21,22). The van der Waals surface area contributed by atoms with Gasteiger partial charge in [0.1, 0.15) is 0 Å². The van der Waals surface area contributed by atoms with Crippen molar-refractivity contribution in [2.24, 2.45) is 0 Å². The second-order valence-corrected chi connectivity index (χ2v) is 5.48. The Morgan fingerprint density at radius 2 is 2.04 bits per heavy atom. The van der Waals surface area contributed by atoms with Gasteiger partial charge in [0.25, 0.3) is 0 Å². The van der Waals surface area contributed by atoms with E-state index in [-0.39, 0.29) is 24.7 Å². The second-order valence-electron chi connectivity index (χ2n) is 5.48. The van der Waals surface area contributed by atoms with E-state index in [9.17, 15) is 9.59 Å². The van der Waals surface area contributed by atoms with E-state index in [0.29, 0.717) is 29.4 Å². The molecule has 0 aliphatic rings. The van der Waals surface area contributed by atoms with E-state index in [1.807, 2.05) is 13.8 Å². The molecule has 1 aromatic heterocycles. The van der Waals surface area contributed by atoms with Crippen LogP contribution in [0.5, 0.6) is 0 Å². The number of benzene rings is 1. The quantitative estimate of drug-likeness (QED) is 0.812. The highest BCUT2D eigenvalue weighted by Gasteiger charge is 2.13. The largest absolute Gasteiger partial charge is 0.481 e. The first-order valence-electron chi connectivity index (χ1n) is 7.37. The van der Waals surface area contributed by atoms with Gasteiger partial charge in [-0.05, 0) is 11.6 Å². The fourth-order valence-electron chi connectivity index (χ4n) is 2.00. The number of aromatic nitrogens is 2. The lowest BCUT2D eigenvalue weighted by atomic mass is 10.1. The fraction of sp³-hybridized carbons (Fsp3) is 0.375. The molecule has 7 nitrogen and oxygen atoms in total. The van der Waals surface area contributed by atoms with Crippen molar-refractivity contribution in [3.63, 3.8) is 0 Å². The van der Waals surface area contributed by atoms with Crippen LogP contribution in [0.25, 0.3) is 0 Å². The Kier molecular flexibility index (Phi) is 5.46. The second kappa shape index (κ2) is 7.53. The predicted octanol–water partition coefficient (Wildman–Crippen LogP) is 2.39. The van der Waals surface area contributed by atoms with Crippen molar-refractivity contribution in [2.45, 2.75) is 39.0 Å². The van der Waals surface area contributed by atoms with Gasteiger partial charge in [0.2, 0.25) is 11.8 Å². The average Bonchev–Trinajstić information content (AvgIpc) is 2.96. The first kappa shape index (κ1) is 16.7. The van der Waals surface area contributed by atoms with Gasteiger partial charge < -0.3 is 14.9 Å². The molecule has 7 heteroatoms. The number of nitrogens with one attached hydrogen (secondary N) is 1. The molecule has 0 saturated heterocycles. The predicted molar refractivity (Wildman–Crippen MR) is 83.1 cm³/mol. The molecule has 2 rings (SSSR count). The highest BCUT2D eigenvalue weighted by Crippen LogP contribution is 2.16. The lowest BCUT2D eigenvalue weighted by Crippen LogP contribution is -2.14. The summed E-state index contributed by atoms with van der Waals surface area (Å²) in [6.45, 7) is 3.92. The van der Waals surface area contributed by atoms with Crippen molar-refractivity contribution in [3.8, 4) is 0 Å². The highest BCUT2D eigenvalue weighted by molar-refractivity contribution is 5.92. The lowest BCUT2D eigenvalue weighted by Gasteiger charge is -2.09. The molecule has 1 amide bonds. The molecule has 0 fully saturated rings. The Hall–Kier alpha value is -2.70. The Morgan fingerprint density at radius 3 is 2.70 bits per heavy atom. The van der Waals surface area contributed by atoms with E-state index in [2.05, 4.69) is 15.5 Å². The third kappa shape index (κ3) is 4.91. The van der Waals surface area contributed by atoms with Crippen LogP contribution in [0.1, 0.15) is 43.5 Å². The number of carbonyl (C=O) groups is 2. The summed E-state index contributed by atoms with van der Waals surface area (Å²) in [6.07, 6.45) is 0.381. The maximum Gasteiger partial charge on any atom is 0.307 e. The van der Waals surface area contributed by atoms with Crippen LogP contribution in [0.2, 0.25) is 0 Å². The van der Waals surface area contributed by atoms with E-state index in [0.717, 1.165) is 0 Å². The molecule has 0 atom stereocenters. The first-order chi connectivity index (χ1) is 11.0. The van der Waals surface area contributed by atoms with E-state index < -0.39 is 5.97 Å². The molecule has 0 radical (unpaired) electrons. The number of para-hydroxylation sites is 1. The molecule has 0 spiro atoms. The van der Waals surface area contributed by atoms with Crippen molar-refractivity contribution in [1.82, 2.24) is 10.1 Å². The van der Waals surface area contributed by atoms with Gasteiger partial charge >= 0.3 is 5.97 Å². The van der Waals surface area contributed by atoms with Crippen molar-refractivity contribution in [2.75, 3.05) is 5.32 Å². The van der Waals surface area contributed by atoms with Gasteiger partial charge in [-0.3, -0.25) is 9.59 Å². The molecule has 0 aliphatic carbocycles. The van der Waals surface area contributed by atoms with Gasteiger partial charge in [-0.1, -0.05) is 37.2 Å². The third-order valence-corrected chi connectivity index (χ3v) is 3.20. The number of nitrogens with zero attached hydrogens (tertiary/aromatic N) is 2. The normalized spacial score (nSPS) is 10.7. The summed E-state index contributed by atoms with van der Waals surface area (Å²) < 4.78 is 5.08. The molecule has 0 saturated carbocycles. The van der Waals surface area contributed by atoms with Crippen LogP contribution >= 0.6 is 0 Å². The molecule has 2 N–H and O–H groups in total. The lowest BCUT2D eigenvalue weighted by molar-refractivity contribution is -0.136. The Labute approximate surface area is 133 Å². The van der Waals surface area contributed by atoms with Crippen LogP contribution in [0.15, 0.2) is 28.8 Å². The SMILES string of the molecule is CC(C)c1noc(CCC(=O)Nc2ccccc2CC(=O)O)n1. The molecule has 2 aromatic rings. The van der Waals surface area contributed by atoms with Crippen molar-refractivity contribution in [1.29, 1.82) is 0 Å². The zero-order valence-electron chi connectivity index (χ0n) is 13.1. The molecule has 0 unspecified atom stereocenters. The van der Waals surface area contributed by atoms with Gasteiger partial charge in [0, 0.05) is 24.4 Å². The summed E-state index contributed by atoms with van der Waals surface area (Å²) in [6, 6.07) is 6.84. The minimum atomic E-state index is -0.946. The van der Waals surface area contributed by atoms with Crippen LogP contribution < -0.4 is 5.32 Å². The maximum absolute atomic E-state index is 12.0. The summed E-state index contributed by atoms with van der Waals surface area (Å²) in [7, 11) is 0. The molecule has 23 heavy (non-hydrogen) atoms. The van der Waals surface area contributed by atoms with Crippen LogP contribution in [-0.4, -0.2) is 27.1 Å². The number of aryl methyl sites for hydroxylation is 1.